The van der Waals surface area contributed by atoms with Crippen LogP contribution in [-0.4, -0.2) is 63.9 Å². The number of nitrogens with one attached hydrogen (secondary N) is 1. The molecule has 0 unspecified atom stereocenters. The molecule has 1 aromatic carbocycles. The summed E-state index contributed by atoms with van der Waals surface area (Å²) >= 11 is 1.47. The molecular weight excluding hydrogens is 460 g/mol. The molecular formula is C26H32N6O2S. The van der Waals surface area contributed by atoms with Crippen LogP contribution in [0.25, 0.3) is 11.1 Å². The summed E-state index contributed by atoms with van der Waals surface area (Å²) in [4.78, 5) is 23.0. The van der Waals surface area contributed by atoms with Crippen molar-refractivity contribution < 1.29 is 9.53 Å². The van der Waals surface area contributed by atoms with Crippen molar-refractivity contribution in [2.45, 2.75) is 51.6 Å². The van der Waals surface area contributed by atoms with Gasteiger partial charge in [-0.15, -0.1) is 0 Å². The van der Waals surface area contributed by atoms with Crippen LogP contribution in [0.4, 0.5) is 10.8 Å². The third-order valence-corrected chi connectivity index (χ3v) is 8.19. The van der Waals surface area contributed by atoms with Gasteiger partial charge in [-0.2, -0.15) is 5.10 Å². The number of fused-ring (bicyclic) bond motifs is 2. The van der Waals surface area contributed by atoms with E-state index in [0.29, 0.717) is 13.2 Å². The molecule has 35 heavy (non-hydrogen) atoms. The summed E-state index contributed by atoms with van der Waals surface area (Å²) in [5, 5.41) is 8.56. The number of hydrogen-bond acceptors (Lipinski definition) is 7. The number of carbonyl (C=O) groups excluding carboxylic acids is 1. The zero-order chi connectivity index (χ0) is 24.0. The lowest BCUT2D eigenvalue weighted by atomic mass is 9.94. The molecule has 1 N–H and O–H groups in total. The second-order valence-electron chi connectivity index (χ2n) is 10.4. The third kappa shape index (κ3) is 4.54. The van der Waals surface area contributed by atoms with Crippen LogP contribution >= 0.6 is 11.3 Å². The van der Waals surface area contributed by atoms with Gasteiger partial charge in [-0.25, -0.2) is 4.98 Å². The number of anilines is 2. The Hall–Kier alpha value is -2.91. The molecule has 0 bridgehead atoms. The Balaban J connectivity index is 1.24. The van der Waals surface area contributed by atoms with Gasteiger partial charge in [-0.3, -0.25) is 9.48 Å². The molecule has 1 amide bonds. The molecule has 0 spiro atoms. The number of carbonyl (C=O) groups is 1. The number of aromatic nitrogens is 3. The molecule has 2 aromatic heterocycles. The molecule has 3 aliphatic rings. The average Bonchev–Trinajstić information content (AvgIpc) is 3.49. The van der Waals surface area contributed by atoms with Crippen LogP contribution in [-0.2, 0) is 13.0 Å². The van der Waals surface area contributed by atoms with Gasteiger partial charge in [0.05, 0.1) is 30.7 Å². The molecule has 6 rings (SSSR count). The van der Waals surface area contributed by atoms with E-state index in [-0.39, 0.29) is 11.4 Å². The maximum absolute atomic E-state index is 12.6. The predicted octanol–water partition coefficient (Wildman–Crippen LogP) is 4.09. The molecule has 0 radical (unpaired) electrons. The van der Waals surface area contributed by atoms with Crippen molar-refractivity contribution in [1.82, 2.24) is 25.0 Å². The van der Waals surface area contributed by atoms with Gasteiger partial charge in [0.15, 0.2) is 5.13 Å². The quantitative estimate of drug-likeness (QED) is 0.578. The van der Waals surface area contributed by atoms with Crippen molar-refractivity contribution in [2.24, 2.45) is 0 Å². The van der Waals surface area contributed by atoms with Crippen molar-refractivity contribution in [3.05, 3.63) is 41.2 Å². The third-order valence-electron chi connectivity index (χ3n) is 7.07. The molecule has 5 heterocycles. The zero-order valence-corrected chi connectivity index (χ0v) is 21.2. The van der Waals surface area contributed by atoms with E-state index in [1.807, 2.05) is 30.8 Å². The molecule has 0 atom stereocenters. The van der Waals surface area contributed by atoms with Crippen LogP contribution in [0.1, 0.15) is 48.5 Å². The van der Waals surface area contributed by atoms with E-state index in [1.165, 1.54) is 43.7 Å². The van der Waals surface area contributed by atoms with Gasteiger partial charge in [0.2, 0.25) is 0 Å². The summed E-state index contributed by atoms with van der Waals surface area (Å²) in [7, 11) is 0. The summed E-state index contributed by atoms with van der Waals surface area (Å²) in [6.07, 6.45) is 8.79. The van der Waals surface area contributed by atoms with Gasteiger partial charge in [0.25, 0.3) is 5.91 Å². The maximum atomic E-state index is 12.6. The highest BCUT2D eigenvalue weighted by molar-refractivity contribution is 7.17. The largest absolute Gasteiger partial charge is 0.490 e. The fourth-order valence-corrected chi connectivity index (χ4v) is 6.25. The van der Waals surface area contributed by atoms with E-state index in [9.17, 15) is 4.79 Å². The predicted molar refractivity (Wildman–Crippen MR) is 138 cm³/mol. The van der Waals surface area contributed by atoms with Crippen molar-refractivity contribution in [3.8, 4) is 16.9 Å². The number of hydrogen-bond donors (Lipinski definition) is 1. The summed E-state index contributed by atoms with van der Waals surface area (Å²) in [5.41, 5.74) is 3.79. The van der Waals surface area contributed by atoms with E-state index >= 15 is 0 Å². The van der Waals surface area contributed by atoms with E-state index in [0.717, 1.165) is 57.8 Å². The maximum Gasteiger partial charge on any atom is 0.263 e. The summed E-state index contributed by atoms with van der Waals surface area (Å²) in [6, 6.07) is 6.28. The Bertz CT molecular complexity index is 1240. The number of thiazole rings is 1. The van der Waals surface area contributed by atoms with Crippen LogP contribution in [0.5, 0.6) is 5.75 Å². The average molecular weight is 493 g/mol. The van der Waals surface area contributed by atoms with Crippen molar-refractivity contribution in [3.63, 3.8) is 0 Å². The van der Waals surface area contributed by atoms with E-state index in [4.69, 9.17) is 9.72 Å². The van der Waals surface area contributed by atoms with Crippen LogP contribution in [0.15, 0.2) is 30.6 Å². The zero-order valence-electron chi connectivity index (χ0n) is 20.4. The van der Waals surface area contributed by atoms with Crippen molar-refractivity contribution >= 4 is 28.1 Å². The van der Waals surface area contributed by atoms with Crippen molar-refractivity contribution in [2.75, 3.05) is 37.7 Å². The second kappa shape index (κ2) is 8.95. The molecule has 1 fully saturated rings. The monoisotopic (exact) mass is 492 g/mol. The first-order valence-corrected chi connectivity index (χ1v) is 13.4. The lowest BCUT2D eigenvalue weighted by Crippen LogP contribution is -2.48. The van der Waals surface area contributed by atoms with Gasteiger partial charge in [0, 0.05) is 30.3 Å². The Kier molecular flexibility index (Phi) is 5.76. The summed E-state index contributed by atoms with van der Waals surface area (Å²) < 4.78 is 8.01. The van der Waals surface area contributed by atoms with E-state index in [1.54, 1.807) is 0 Å². The fraction of sp³-hybridized carbons (Fsp3) is 0.500. The van der Waals surface area contributed by atoms with Crippen LogP contribution in [0.2, 0.25) is 0 Å². The smallest absolute Gasteiger partial charge is 0.263 e. The number of benzene rings is 1. The lowest BCUT2D eigenvalue weighted by Gasteiger charge is -2.29. The fourth-order valence-electron chi connectivity index (χ4n) is 5.24. The molecule has 8 nitrogen and oxygen atoms in total. The Labute approximate surface area is 209 Å². The Morgan fingerprint density at radius 2 is 1.97 bits per heavy atom. The highest BCUT2D eigenvalue weighted by Gasteiger charge is 2.34. The first-order valence-electron chi connectivity index (χ1n) is 12.6. The van der Waals surface area contributed by atoms with E-state index < -0.39 is 0 Å². The SMILES string of the molecule is CC1(C)Cc2nc(N3CCOc4ccc(-c5cnn(CCN6CCCCC6)c5)cc43)sc2C(=O)N1. The second-order valence-corrected chi connectivity index (χ2v) is 11.3. The molecule has 1 saturated heterocycles. The van der Waals surface area contributed by atoms with Crippen LogP contribution in [0.3, 0.4) is 0 Å². The van der Waals surface area contributed by atoms with Gasteiger partial charge in [0.1, 0.15) is 17.2 Å². The number of likely N-dealkylation sites (tertiary alicyclic amines) is 1. The normalized spacial score (nSPS) is 19.6. The number of ether oxygens (including phenoxy) is 1. The molecule has 0 saturated carbocycles. The molecule has 3 aromatic rings. The van der Waals surface area contributed by atoms with Crippen LogP contribution < -0.4 is 15.0 Å². The Morgan fingerprint density at radius 3 is 2.83 bits per heavy atom. The number of amides is 1. The molecule has 3 aliphatic heterocycles. The minimum absolute atomic E-state index is 0.0285. The standard InChI is InChI=1S/C26H32N6O2S/c1-26(2)15-20-23(24(33)29-26)35-25(28-20)32-12-13-34-22-7-6-18(14-21(22)32)19-16-27-31(17-19)11-10-30-8-4-3-5-9-30/h6-7,14,16-17H,3-5,8-13,15H2,1-2H3,(H,29,33). The number of nitrogens with zero attached hydrogens (tertiary/aromatic N) is 5. The molecule has 0 aliphatic carbocycles. The number of rotatable bonds is 5. The molecule has 184 valence electrons. The molecule has 9 heteroatoms. The topological polar surface area (TPSA) is 75.5 Å². The lowest BCUT2D eigenvalue weighted by molar-refractivity contribution is 0.0901. The minimum atomic E-state index is -0.278. The first-order chi connectivity index (χ1) is 16.9. The minimum Gasteiger partial charge on any atom is -0.490 e. The van der Waals surface area contributed by atoms with Gasteiger partial charge in [-0.05, 0) is 57.5 Å². The number of piperidine rings is 1. The summed E-state index contributed by atoms with van der Waals surface area (Å²) in [5.74, 6) is 0.814. The first kappa shape index (κ1) is 22.5. The van der Waals surface area contributed by atoms with Gasteiger partial charge >= 0.3 is 0 Å². The van der Waals surface area contributed by atoms with Gasteiger partial charge in [-0.1, -0.05) is 23.8 Å². The Morgan fingerprint density at radius 1 is 1.11 bits per heavy atom. The summed E-state index contributed by atoms with van der Waals surface area (Å²) in [6.45, 7) is 9.72. The van der Waals surface area contributed by atoms with Crippen molar-refractivity contribution in [1.29, 1.82) is 0 Å². The van der Waals surface area contributed by atoms with E-state index in [2.05, 4.69) is 38.5 Å². The van der Waals surface area contributed by atoms with Crippen LogP contribution in [0, 0.1) is 0 Å². The van der Waals surface area contributed by atoms with Gasteiger partial charge < -0.3 is 19.9 Å². The highest BCUT2D eigenvalue weighted by Crippen LogP contribution is 2.42. The highest BCUT2D eigenvalue weighted by atomic mass is 32.1.